The van der Waals surface area contributed by atoms with Crippen LogP contribution in [0.15, 0.2) is 0 Å². The van der Waals surface area contributed by atoms with E-state index in [1.165, 1.54) is 7.11 Å². The number of esters is 1. The maximum absolute atomic E-state index is 11.8. The summed E-state index contributed by atoms with van der Waals surface area (Å²) < 4.78 is 4.51. The molecule has 0 saturated carbocycles. The van der Waals surface area contributed by atoms with Crippen molar-refractivity contribution in [3.8, 4) is 0 Å². The van der Waals surface area contributed by atoms with Gasteiger partial charge in [-0.15, -0.1) is 0 Å². The Bertz CT molecular complexity index is 240. The molecule has 1 aliphatic heterocycles. The molecule has 0 bridgehead atoms. The highest BCUT2D eigenvalue weighted by molar-refractivity contribution is 5.81. The summed E-state index contributed by atoms with van der Waals surface area (Å²) in [6, 6.07) is 0.384. The van der Waals surface area contributed by atoms with E-state index in [1.807, 2.05) is 4.90 Å². The third kappa shape index (κ3) is 3.22. The molecule has 86 valence electrons. The van der Waals surface area contributed by atoms with E-state index in [2.05, 4.69) is 11.7 Å². The molecular formula is C11H19NO3. The molecule has 0 aromatic heterocycles. The molecule has 1 heterocycles. The smallest absolute Gasteiger partial charge is 0.306 e. The molecular weight excluding hydrogens is 194 g/mol. The van der Waals surface area contributed by atoms with Gasteiger partial charge in [-0.2, -0.15) is 0 Å². The standard InChI is InChI=1S/C11H19NO3/c1-3-9-5-4-8-12(9)10(13)6-7-11(14)15-2/h9H,3-8H2,1-2H3. The maximum atomic E-state index is 11.8. The van der Waals surface area contributed by atoms with Gasteiger partial charge in [0.25, 0.3) is 0 Å². The molecule has 1 unspecified atom stereocenters. The first kappa shape index (κ1) is 12.0. The Morgan fingerprint density at radius 1 is 1.40 bits per heavy atom. The topological polar surface area (TPSA) is 46.6 Å². The second kappa shape index (κ2) is 5.73. The molecule has 1 aliphatic rings. The molecule has 4 nitrogen and oxygen atoms in total. The molecule has 15 heavy (non-hydrogen) atoms. The lowest BCUT2D eigenvalue weighted by molar-refractivity contribution is -0.143. The summed E-state index contributed by atoms with van der Waals surface area (Å²) in [5, 5.41) is 0. The monoisotopic (exact) mass is 213 g/mol. The van der Waals surface area contributed by atoms with Gasteiger partial charge in [0.05, 0.1) is 13.5 Å². The molecule has 0 radical (unpaired) electrons. The number of hydrogen-bond donors (Lipinski definition) is 0. The third-order valence-corrected chi connectivity index (χ3v) is 2.94. The van der Waals surface area contributed by atoms with Crippen molar-refractivity contribution >= 4 is 11.9 Å². The highest BCUT2D eigenvalue weighted by Crippen LogP contribution is 2.20. The van der Waals surface area contributed by atoms with Gasteiger partial charge in [-0.05, 0) is 19.3 Å². The fourth-order valence-corrected chi connectivity index (χ4v) is 2.04. The van der Waals surface area contributed by atoms with E-state index < -0.39 is 0 Å². The van der Waals surface area contributed by atoms with Gasteiger partial charge in [-0.1, -0.05) is 6.92 Å². The van der Waals surface area contributed by atoms with Crippen LogP contribution in [-0.4, -0.2) is 36.5 Å². The summed E-state index contributed by atoms with van der Waals surface area (Å²) in [6.45, 7) is 2.94. The van der Waals surface area contributed by atoms with Crippen molar-refractivity contribution in [2.45, 2.75) is 45.1 Å². The van der Waals surface area contributed by atoms with Crippen LogP contribution in [0.3, 0.4) is 0 Å². The van der Waals surface area contributed by atoms with Crippen molar-refractivity contribution in [1.29, 1.82) is 0 Å². The van der Waals surface area contributed by atoms with Crippen LogP contribution in [0.25, 0.3) is 0 Å². The summed E-state index contributed by atoms with van der Waals surface area (Å²) in [4.78, 5) is 24.5. The molecule has 0 N–H and O–H groups in total. The number of hydrogen-bond acceptors (Lipinski definition) is 3. The lowest BCUT2D eigenvalue weighted by Crippen LogP contribution is -2.35. The molecule has 1 fully saturated rings. The van der Waals surface area contributed by atoms with E-state index >= 15 is 0 Å². The van der Waals surface area contributed by atoms with Crippen molar-refractivity contribution in [3.05, 3.63) is 0 Å². The van der Waals surface area contributed by atoms with Gasteiger partial charge in [-0.25, -0.2) is 0 Å². The minimum Gasteiger partial charge on any atom is -0.469 e. The normalized spacial score (nSPS) is 20.4. The van der Waals surface area contributed by atoms with E-state index in [4.69, 9.17) is 0 Å². The number of carbonyl (C=O) groups excluding carboxylic acids is 2. The number of ether oxygens (including phenoxy) is 1. The first-order chi connectivity index (χ1) is 7.19. The van der Waals surface area contributed by atoms with Gasteiger partial charge in [0, 0.05) is 19.0 Å². The number of methoxy groups -OCH3 is 1. The van der Waals surface area contributed by atoms with Gasteiger partial charge >= 0.3 is 5.97 Å². The molecule has 1 amide bonds. The first-order valence-corrected chi connectivity index (χ1v) is 5.55. The minimum absolute atomic E-state index is 0.0877. The van der Waals surface area contributed by atoms with Crippen molar-refractivity contribution in [1.82, 2.24) is 4.90 Å². The Kier molecular flexibility index (Phi) is 4.59. The fraction of sp³-hybridized carbons (Fsp3) is 0.818. The minimum atomic E-state index is -0.310. The van der Waals surface area contributed by atoms with Crippen molar-refractivity contribution < 1.29 is 14.3 Å². The third-order valence-electron chi connectivity index (χ3n) is 2.94. The van der Waals surface area contributed by atoms with Gasteiger partial charge in [-0.3, -0.25) is 9.59 Å². The lowest BCUT2D eigenvalue weighted by atomic mass is 10.1. The van der Waals surface area contributed by atoms with Crippen LogP contribution in [0.5, 0.6) is 0 Å². The van der Waals surface area contributed by atoms with Crippen molar-refractivity contribution in [2.75, 3.05) is 13.7 Å². The van der Waals surface area contributed by atoms with Crippen molar-refractivity contribution in [3.63, 3.8) is 0 Å². The summed E-state index contributed by atoms with van der Waals surface area (Å²) in [5.74, 6) is -0.222. The summed E-state index contributed by atoms with van der Waals surface area (Å²) in [6.07, 6.45) is 3.67. The second-order valence-corrected chi connectivity index (χ2v) is 3.87. The Hall–Kier alpha value is -1.06. The summed E-state index contributed by atoms with van der Waals surface area (Å²) >= 11 is 0. The van der Waals surface area contributed by atoms with Crippen LogP contribution in [0.1, 0.15) is 39.0 Å². The van der Waals surface area contributed by atoms with Crippen LogP contribution < -0.4 is 0 Å². The van der Waals surface area contributed by atoms with Crippen LogP contribution in [0, 0.1) is 0 Å². The number of nitrogens with zero attached hydrogens (tertiary/aromatic N) is 1. The Labute approximate surface area is 90.6 Å². The SMILES string of the molecule is CCC1CCCN1C(=O)CCC(=O)OC. The Balaban J connectivity index is 2.36. The molecule has 0 aliphatic carbocycles. The zero-order chi connectivity index (χ0) is 11.3. The van der Waals surface area contributed by atoms with Crippen LogP contribution in [0.2, 0.25) is 0 Å². The van der Waals surface area contributed by atoms with E-state index in [1.54, 1.807) is 0 Å². The first-order valence-electron chi connectivity index (χ1n) is 5.55. The predicted molar refractivity (Wildman–Crippen MR) is 56.3 cm³/mol. The van der Waals surface area contributed by atoms with E-state index in [-0.39, 0.29) is 24.7 Å². The van der Waals surface area contributed by atoms with Gasteiger partial charge in [0.1, 0.15) is 0 Å². The maximum Gasteiger partial charge on any atom is 0.306 e. The zero-order valence-corrected chi connectivity index (χ0v) is 9.49. The molecule has 1 atom stereocenters. The van der Waals surface area contributed by atoms with E-state index in [0.29, 0.717) is 6.04 Å². The van der Waals surface area contributed by atoms with E-state index in [9.17, 15) is 9.59 Å². The van der Waals surface area contributed by atoms with Crippen LogP contribution >= 0.6 is 0 Å². The second-order valence-electron chi connectivity index (χ2n) is 3.87. The molecule has 0 spiro atoms. The zero-order valence-electron chi connectivity index (χ0n) is 9.49. The highest BCUT2D eigenvalue weighted by atomic mass is 16.5. The van der Waals surface area contributed by atoms with Gasteiger partial charge < -0.3 is 9.64 Å². The Morgan fingerprint density at radius 3 is 2.73 bits per heavy atom. The van der Waals surface area contributed by atoms with Gasteiger partial charge in [0.15, 0.2) is 0 Å². The quantitative estimate of drug-likeness (QED) is 0.662. The average Bonchev–Trinajstić information content (AvgIpc) is 2.73. The largest absolute Gasteiger partial charge is 0.469 e. The van der Waals surface area contributed by atoms with Gasteiger partial charge in [0.2, 0.25) is 5.91 Å². The highest BCUT2D eigenvalue weighted by Gasteiger charge is 2.26. The number of carbonyl (C=O) groups is 2. The van der Waals surface area contributed by atoms with E-state index in [0.717, 1.165) is 25.8 Å². The molecule has 1 rings (SSSR count). The van der Waals surface area contributed by atoms with Crippen molar-refractivity contribution in [2.24, 2.45) is 0 Å². The van der Waals surface area contributed by atoms with Crippen LogP contribution in [-0.2, 0) is 14.3 Å². The predicted octanol–water partition coefficient (Wildman–Crippen LogP) is 1.34. The molecule has 4 heteroatoms. The molecule has 1 saturated heterocycles. The number of rotatable bonds is 4. The number of amides is 1. The molecule has 0 aromatic carbocycles. The Morgan fingerprint density at radius 2 is 2.13 bits per heavy atom. The van der Waals surface area contributed by atoms with Crippen LogP contribution in [0.4, 0.5) is 0 Å². The summed E-state index contributed by atoms with van der Waals surface area (Å²) in [5.41, 5.74) is 0. The average molecular weight is 213 g/mol. The number of likely N-dealkylation sites (tertiary alicyclic amines) is 1. The molecule has 0 aromatic rings. The fourth-order valence-electron chi connectivity index (χ4n) is 2.04. The lowest BCUT2D eigenvalue weighted by Gasteiger charge is -2.23. The summed E-state index contributed by atoms with van der Waals surface area (Å²) in [7, 11) is 1.34.